The van der Waals surface area contributed by atoms with Gasteiger partial charge in [0.2, 0.25) is 5.91 Å². The molecule has 2 N–H and O–H groups in total. The molecule has 0 aliphatic heterocycles. The Bertz CT molecular complexity index is 1380. The number of methoxy groups -OCH3 is 1. The van der Waals surface area contributed by atoms with E-state index in [1.807, 2.05) is 0 Å². The minimum Gasteiger partial charge on any atom is -0.497 e. The molecule has 10 heteroatoms. The minimum absolute atomic E-state index is 0.0174. The molecule has 0 bridgehead atoms. The van der Waals surface area contributed by atoms with Crippen LogP contribution in [-0.2, 0) is 24.2 Å². The number of carbonyl (C=O) groups excluding carboxylic acids is 2. The molecule has 2 amide bonds. The summed E-state index contributed by atoms with van der Waals surface area (Å²) in [5.74, 6) is -0.243. The fourth-order valence-corrected chi connectivity index (χ4v) is 4.14. The van der Waals surface area contributed by atoms with E-state index in [1.165, 1.54) is 23.0 Å². The van der Waals surface area contributed by atoms with E-state index in [0.29, 0.717) is 28.5 Å². The van der Waals surface area contributed by atoms with Crippen molar-refractivity contribution in [3.63, 3.8) is 0 Å². The summed E-state index contributed by atoms with van der Waals surface area (Å²) in [6, 6.07) is 13.0. The molecule has 5 rings (SSSR count). The molecule has 2 aromatic heterocycles. The first-order valence-electron chi connectivity index (χ1n) is 11.1. The molecule has 2 aromatic carbocycles. The molecule has 1 aliphatic rings. The van der Waals surface area contributed by atoms with Gasteiger partial charge in [-0.1, -0.05) is 0 Å². The molecule has 0 saturated carbocycles. The van der Waals surface area contributed by atoms with E-state index in [2.05, 4.69) is 20.8 Å². The number of benzene rings is 2. The van der Waals surface area contributed by atoms with Crippen molar-refractivity contribution in [3.05, 3.63) is 83.7 Å². The van der Waals surface area contributed by atoms with Crippen molar-refractivity contribution in [3.8, 4) is 11.4 Å². The summed E-state index contributed by atoms with van der Waals surface area (Å²) in [4.78, 5) is 25.4. The summed E-state index contributed by atoms with van der Waals surface area (Å²) in [5.41, 5.74) is 4.01. The Kier molecular flexibility index (Phi) is 6.01. The van der Waals surface area contributed by atoms with Crippen molar-refractivity contribution >= 4 is 23.2 Å². The highest BCUT2D eigenvalue weighted by Crippen LogP contribution is 2.28. The van der Waals surface area contributed by atoms with Gasteiger partial charge in [0.25, 0.3) is 5.91 Å². The quantitative estimate of drug-likeness (QED) is 0.426. The summed E-state index contributed by atoms with van der Waals surface area (Å²) in [6.45, 7) is -0.0174. The Morgan fingerprint density at radius 2 is 1.80 bits per heavy atom. The molecule has 0 unspecified atom stereocenters. The van der Waals surface area contributed by atoms with E-state index in [0.717, 1.165) is 30.5 Å². The van der Waals surface area contributed by atoms with Crippen LogP contribution in [0.4, 0.5) is 15.8 Å². The van der Waals surface area contributed by atoms with Gasteiger partial charge < -0.3 is 15.4 Å². The van der Waals surface area contributed by atoms with E-state index in [1.54, 1.807) is 54.4 Å². The molecule has 4 aromatic rings. The van der Waals surface area contributed by atoms with Gasteiger partial charge in [-0.2, -0.15) is 10.2 Å². The van der Waals surface area contributed by atoms with Crippen LogP contribution in [0.3, 0.4) is 0 Å². The molecule has 2 heterocycles. The van der Waals surface area contributed by atoms with Crippen LogP contribution in [0.2, 0.25) is 0 Å². The first-order valence-corrected chi connectivity index (χ1v) is 11.1. The van der Waals surface area contributed by atoms with Crippen molar-refractivity contribution in [1.29, 1.82) is 0 Å². The summed E-state index contributed by atoms with van der Waals surface area (Å²) in [5, 5.41) is 14.3. The third kappa shape index (κ3) is 4.77. The number of anilines is 2. The minimum atomic E-state index is -0.355. The Labute approximate surface area is 200 Å². The van der Waals surface area contributed by atoms with Gasteiger partial charge in [-0.3, -0.25) is 14.3 Å². The van der Waals surface area contributed by atoms with Gasteiger partial charge in [0.1, 0.15) is 18.1 Å². The van der Waals surface area contributed by atoms with Crippen molar-refractivity contribution in [2.24, 2.45) is 0 Å². The zero-order chi connectivity index (χ0) is 24.4. The highest BCUT2D eigenvalue weighted by atomic mass is 19.1. The van der Waals surface area contributed by atoms with Crippen molar-refractivity contribution in [2.45, 2.75) is 25.8 Å². The van der Waals surface area contributed by atoms with E-state index in [4.69, 9.17) is 4.74 Å². The predicted molar refractivity (Wildman–Crippen MR) is 127 cm³/mol. The Balaban J connectivity index is 1.26. The van der Waals surface area contributed by atoms with Crippen LogP contribution < -0.4 is 15.4 Å². The maximum atomic E-state index is 13.3. The third-order valence-electron chi connectivity index (χ3n) is 5.79. The van der Waals surface area contributed by atoms with Crippen molar-refractivity contribution in [2.75, 3.05) is 17.7 Å². The van der Waals surface area contributed by atoms with Crippen LogP contribution in [0.1, 0.15) is 28.2 Å². The second-order valence-electron chi connectivity index (χ2n) is 8.17. The lowest BCUT2D eigenvalue weighted by Gasteiger charge is -2.06. The first-order chi connectivity index (χ1) is 17.0. The number of nitrogens with one attached hydrogen (secondary N) is 2. The SMILES string of the molecule is COc1ccc(NC(=O)Cn2cc(NC(=O)c3nn(-c4ccc(F)cc4)c4c3CCC4)cn2)cc1. The Morgan fingerprint density at radius 3 is 2.54 bits per heavy atom. The lowest BCUT2D eigenvalue weighted by Crippen LogP contribution is -2.19. The molecular weight excluding hydrogens is 451 g/mol. The predicted octanol–water partition coefficient (Wildman–Crippen LogP) is 3.60. The molecule has 1 aliphatic carbocycles. The number of aromatic nitrogens is 4. The zero-order valence-corrected chi connectivity index (χ0v) is 19.0. The van der Waals surface area contributed by atoms with Gasteiger partial charge in [-0.05, 0) is 67.8 Å². The number of carbonyl (C=O) groups is 2. The lowest BCUT2D eigenvalue weighted by molar-refractivity contribution is -0.116. The maximum Gasteiger partial charge on any atom is 0.276 e. The second kappa shape index (κ2) is 9.41. The second-order valence-corrected chi connectivity index (χ2v) is 8.17. The molecule has 178 valence electrons. The molecule has 0 radical (unpaired) electrons. The summed E-state index contributed by atoms with van der Waals surface area (Å²) >= 11 is 0. The van der Waals surface area contributed by atoms with Crippen molar-refractivity contribution < 1.29 is 18.7 Å². The van der Waals surface area contributed by atoms with Gasteiger partial charge in [-0.25, -0.2) is 9.07 Å². The number of ether oxygens (including phenoxy) is 1. The van der Waals surface area contributed by atoms with Gasteiger partial charge >= 0.3 is 0 Å². The Hall–Kier alpha value is -4.47. The lowest BCUT2D eigenvalue weighted by atomic mass is 10.2. The van der Waals surface area contributed by atoms with E-state index in [-0.39, 0.29) is 24.2 Å². The first kappa shape index (κ1) is 22.3. The highest BCUT2D eigenvalue weighted by molar-refractivity contribution is 6.04. The fourth-order valence-electron chi connectivity index (χ4n) is 4.14. The van der Waals surface area contributed by atoms with E-state index < -0.39 is 0 Å². The largest absolute Gasteiger partial charge is 0.497 e. The fraction of sp³-hybridized carbons (Fsp3) is 0.200. The number of hydrogen-bond donors (Lipinski definition) is 2. The summed E-state index contributed by atoms with van der Waals surface area (Å²) in [6.07, 6.45) is 5.55. The van der Waals surface area contributed by atoms with Crippen LogP contribution in [0, 0.1) is 5.82 Å². The van der Waals surface area contributed by atoms with Crippen LogP contribution in [0.25, 0.3) is 5.69 Å². The standard InChI is InChI=1S/C25H23FN6O3/c1-35-20-11-7-17(8-12-20)28-23(33)15-31-14-18(13-27-31)29-25(34)24-21-3-2-4-22(21)32(30-24)19-9-5-16(26)6-10-19/h5-14H,2-4,15H2,1H3,(H,28,33)(H,29,34). The van der Waals surface area contributed by atoms with E-state index in [9.17, 15) is 14.0 Å². The van der Waals surface area contributed by atoms with E-state index >= 15 is 0 Å². The molecule has 35 heavy (non-hydrogen) atoms. The molecule has 9 nitrogen and oxygen atoms in total. The van der Waals surface area contributed by atoms with Crippen LogP contribution in [0.5, 0.6) is 5.75 Å². The number of halogens is 1. The van der Waals surface area contributed by atoms with Gasteiger partial charge in [0.15, 0.2) is 5.69 Å². The van der Waals surface area contributed by atoms with Crippen molar-refractivity contribution in [1.82, 2.24) is 19.6 Å². The van der Waals surface area contributed by atoms with Crippen LogP contribution in [-0.4, -0.2) is 38.5 Å². The monoisotopic (exact) mass is 474 g/mol. The number of rotatable bonds is 7. The molecule has 0 atom stereocenters. The molecule has 0 fully saturated rings. The number of amides is 2. The normalized spacial score (nSPS) is 12.3. The number of hydrogen-bond acceptors (Lipinski definition) is 5. The highest BCUT2D eigenvalue weighted by Gasteiger charge is 2.27. The molecule has 0 spiro atoms. The van der Waals surface area contributed by atoms with Crippen LogP contribution in [0.15, 0.2) is 60.9 Å². The average Bonchev–Trinajstić information content (AvgIpc) is 3.57. The third-order valence-corrected chi connectivity index (χ3v) is 5.79. The molecule has 0 saturated heterocycles. The number of nitrogens with zero attached hydrogens (tertiary/aromatic N) is 4. The molecular formula is C25H23FN6O3. The summed E-state index contributed by atoms with van der Waals surface area (Å²) in [7, 11) is 1.58. The number of fused-ring (bicyclic) bond motifs is 1. The van der Waals surface area contributed by atoms with Gasteiger partial charge in [0, 0.05) is 23.1 Å². The van der Waals surface area contributed by atoms with Gasteiger partial charge in [0.05, 0.1) is 24.7 Å². The van der Waals surface area contributed by atoms with Gasteiger partial charge in [-0.15, -0.1) is 0 Å². The zero-order valence-electron chi connectivity index (χ0n) is 19.0. The van der Waals surface area contributed by atoms with Crippen LogP contribution >= 0.6 is 0 Å². The topological polar surface area (TPSA) is 103 Å². The smallest absolute Gasteiger partial charge is 0.276 e. The Morgan fingerprint density at radius 1 is 1.03 bits per heavy atom. The summed E-state index contributed by atoms with van der Waals surface area (Å²) < 4.78 is 21.6. The maximum absolute atomic E-state index is 13.3. The average molecular weight is 474 g/mol.